The van der Waals surface area contributed by atoms with Gasteiger partial charge in [-0.05, 0) is 39.0 Å². The molecule has 1 nitrogen and oxygen atoms in total. The largest absolute Gasteiger partial charge is 0.299 e. The molecule has 2 rings (SSSR count). The summed E-state index contributed by atoms with van der Waals surface area (Å²) < 4.78 is 0. The van der Waals surface area contributed by atoms with E-state index in [0.29, 0.717) is 5.78 Å². The summed E-state index contributed by atoms with van der Waals surface area (Å²) in [5, 5.41) is 0. The molecule has 1 unspecified atom stereocenters. The van der Waals surface area contributed by atoms with Gasteiger partial charge in [0.25, 0.3) is 0 Å². The summed E-state index contributed by atoms with van der Waals surface area (Å²) >= 11 is 0. The first-order valence-electron chi connectivity index (χ1n) is 4.92. The normalized spacial score (nSPS) is 35.8. The highest BCUT2D eigenvalue weighted by atomic mass is 16.1. The van der Waals surface area contributed by atoms with Gasteiger partial charge in [0.05, 0.1) is 0 Å². The van der Waals surface area contributed by atoms with Gasteiger partial charge in [-0.15, -0.1) is 0 Å². The number of carbonyl (C=O) groups excluding carboxylic acids is 1. The van der Waals surface area contributed by atoms with Crippen LogP contribution < -0.4 is 0 Å². The van der Waals surface area contributed by atoms with Crippen molar-refractivity contribution in [1.29, 1.82) is 0 Å². The summed E-state index contributed by atoms with van der Waals surface area (Å²) in [5.41, 5.74) is 1.57. The van der Waals surface area contributed by atoms with Crippen molar-refractivity contribution in [3.63, 3.8) is 0 Å². The average Bonchev–Trinajstić information content (AvgIpc) is 2.41. The fraction of sp³-hybridized carbons (Fsp3) is 0.727. The third-order valence-electron chi connectivity index (χ3n) is 3.49. The van der Waals surface area contributed by atoms with Gasteiger partial charge < -0.3 is 0 Å². The Hall–Kier alpha value is -0.590. The number of hydrogen-bond acceptors (Lipinski definition) is 1. The standard InChI is InChI=1S/C11H16O/c1-9-4-7-11(8-5-9)6-2-3-10(11)12/h4H,2-3,5-8H2,1H3. The van der Waals surface area contributed by atoms with Crippen molar-refractivity contribution in [2.75, 3.05) is 0 Å². The van der Waals surface area contributed by atoms with Gasteiger partial charge in [-0.3, -0.25) is 4.79 Å². The van der Waals surface area contributed by atoms with Crippen molar-refractivity contribution in [3.05, 3.63) is 11.6 Å². The lowest BCUT2D eigenvalue weighted by molar-refractivity contribution is -0.126. The van der Waals surface area contributed by atoms with Crippen LogP contribution in [0.1, 0.15) is 45.4 Å². The number of Topliss-reactive ketones (excluding diaryl/α,β-unsaturated/α-hetero) is 1. The van der Waals surface area contributed by atoms with Crippen LogP contribution in [0.4, 0.5) is 0 Å². The fourth-order valence-corrected chi connectivity index (χ4v) is 2.48. The van der Waals surface area contributed by atoms with Crippen LogP contribution in [0.2, 0.25) is 0 Å². The van der Waals surface area contributed by atoms with Crippen molar-refractivity contribution >= 4 is 5.78 Å². The number of ketones is 1. The van der Waals surface area contributed by atoms with E-state index in [1.807, 2.05) is 0 Å². The van der Waals surface area contributed by atoms with E-state index >= 15 is 0 Å². The summed E-state index contributed by atoms with van der Waals surface area (Å²) in [4.78, 5) is 11.6. The van der Waals surface area contributed by atoms with Crippen LogP contribution in [0.25, 0.3) is 0 Å². The molecule has 0 aromatic carbocycles. The minimum Gasteiger partial charge on any atom is -0.299 e. The molecule has 1 spiro atoms. The SMILES string of the molecule is CC1=CCC2(CCCC2=O)CC1. The molecule has 0 amide bonds. The zero-order valence-corrected chi connectivity index (χ0v) is 7.73. The zero-order valence-electron chi connectivity index (χ0n) is 7.73. The maximum atomic E-state index is 11.6. The summed E-state index contributed by atoms with van der Waals surface area (Å²) in [6, 6.07) is 0. The molecule has 1 fully saturated rings. The van der Waals surface area contributed by atoms with E-state index in [0.717, 1.165) is 38.5 Å². The second kappa shape index (κ2) is 2.72. The number of carbonyl (C=O) groups is 1. The molecule has 2 aliphatic rings. The average molecular weight is 164 g/mol. The maximum absolute atomic E-state index is 11.6. The molecule has 0 aliphatic heterocycles. The Balaban J connectivity index is 2.18. The molecule has 0 aromatic rings. The first kappa shape index (κ1) is 8.03. The van der Waals surface area contributed by atoms with Crippen molar-refractivity contribution < 1.29 is 4.79 Å². The Morgan fingerprint density at radius 1 is 1.33 bits per heavy atom. The molecule has 0 saturated heterocycles. The molecule has 0 N–H and O–H groups in total. The van der Waals surface area contributed by atoms with Gasteiger partial charge in [-0.25, -0.2) is 0 Å². The predicted octanol–water partition coefficient (Wildman–Crippen LogP) is 2.86. The zero-order chi connectivity index (χ0) is 8.60. The monoisotopic (exact) mass is 164 g/mol. The highest BCUT2D eigenvalue weighted by Gasteiger charge is 2.41. The summed E-state index contributed by atoms with van der Waals surface area (Å²) in [5.74, 6) is 0.534. The van der Waals surface area contributed by atoms with Crippen LogP contribution in [0.3, 0.4) is 0 Å². The highest BCUT2D eigenvalue weighted by molar-refractivity contribution is 5.87. The van der Waals surface area contributed by atoms with Crippen molar-refractivity contribution in [1.82, 2.24) is 0 Å². The molecule has 0 aromatic heterocycles. The molecular weight excluding hydrogens is 148 g/mol. The molecule has 0 radical (unpaired) electrons. The van der Waals surface area contributed by atoms with Gasteiger partial charge in [0.2, 0.25) is 0 Å². The minimum atomic E-state index is 0.0967. The molecule has 1 atom stereocenters. The quantitative estimate of drug-likeness (QED) is 0.503. The van der Waals surface area contributed by atoms with Crippen LogP contribution in [-0.2, 0) is 4.79 Å². The summed E-state index contributed by atoms with van der Waals surface area (Å²) in [7, 11) is 0. The van der Waals surface area contributed by atoms with Crippen molar-refractivity contribution in [2.24, 2.45) is 5.41 Å². The second-order valence-corrected chi connectivity index (χ2v) is 4.31. The number of hydrogen-bond donors (Lipinski definition) is 0. The third-order valence-corrected chi connectivity index (χ3v) is 3.49. The van der Waals surface area contributed by atoms with E-state index in [2.05, 4.69) is 13.0 Å². The van der Waals surface area contributed by atoms with E-state index in [9.17, 15) is 4.79 Å². The number of rotatable bonds is 0. The Morgan fingerprint density at radius 2 is 2.17 bits per heavy atom. The number of allylic oxidation sites excluding steroid dienone is 2. The van der Waals surface area contributed by atoms with E-state index in [4.69, 9.17) is 0 Å². The Bertz CT molecular complexity index is 239. The lowest BCUT2D eigenvalue weighted by Gasteiger charge is -2.29. The summed E-state index contributed by atoms with van der Waals surface area (Å²) in [6.07, 6.45) is 8.68. The molecule has 66 valence electrons. The minimum absolute atomic E-state index is 0.0967. The van der Waals surface area contributed by atoms with Crippen molar-refractivity contribution in [3.8, 4) is 0 Å². The van der Waals surface area contributed by atoms with Gasteiger partial charge in [0.1, 0.15) is 5.78 Å². The van der Waals surface area contributed by atoms with Crippen LogP contribution in [0.5, 0.6) is 0 Å². The van der Waals surface area contributed by atoms with Gasteiger partial charge in [0.15, 0.2) is 0 Å². The molecule has 0 bridgehead atoms. The molecular formula is C11H16O. The Labute approximate surface area is 73.8 Å². The van der Waals surface area contributed by atoms with E-state index in [1.54, 1.807) is 0 Å². The van der Waals surface area contributed by atoms with Gasteiger partial charge in [-0.2, -0.15) is 0 Å². The van der Waals surface area contributed by atoms with E-state index < -0.39 is 0 Å². The van der Waals surface area contributed by atoms with E-state index in [1.165, 1.54) is 5.57 Å². The molecule has 12 heavy (non-hydrogen) atoms. The summed E-state index contributed by atoms with van der Waals surface area (Å²) in [6.45, 7) is 2.17. The molecule has 0 heterocycles. The molecule has 1 saturated carbocycles. The van der Waals surface area contributed by atoms with Gasteiger partial charge in [0, 0.05) is 11.8 Å². The maximum Gasteiger partial charge on any atom is 0.139 e. The Kier molecular flexibility index (Phi) is 1.82. The lowest BCUT2D eigenvalue weighted by atomic mass is 9.73. The fourth-order valence-electron chi connectivity index (χ4n) is 2.48. The highest BCUT2D eigenvalue weighted by Crippen LogP contribution is 2.45. The smallest absolute Gasteiger partial charge is 0.139 e. The van der Waals surface area contributed by atoms with E-state index in [-0.39, 0.29) is 5.41 Å². The van der Waals surface area contributed by atoms with Gasteiger partial charge >= 0.3 is 0 Å². The topological polar surface area (TPSA) is 17.1 Å². The first-order valence-corrected chi connectivity index (χ1v) is 4.92. The molecule has 2 aliphatic carbocycles. The second-order valence-electron chi connectivity index (χ2n) is 4.31. The lowest BCUT2D eigenvalue weighted by Crippen LogP contribution is -2.27. The van der Waals surface area contributed by atoms with Crippen LogP contribution in [0, 0.1) is 5.41 Å². The first-order chi connectivity index (χ1) is 5.73. The molecule has 1 heteroatoms. The van der Waals surface area contributed by atoms with Crippen LogP contribution in [-0.4, -0.2) is 5.78 Å². The predicted molar refractivity (Wildman–Crippen MR) is 48.9 cm³/mol. The third kappa shape index (κ3) is 1.12. The van der Waals surface area contributed by atoms with Crippen LogP contribution in [0.15, 0.2) is 11.6 Å². The van der Waals surface area contributed by atoms with Crippen LogP contribution >= 0.6 is 0 Å². The Morgan fingerprint density at radius 3 is 2.67 bits per heavy atom. The van der Waals surface area contributed by atoms with Gasteiger partial charge in [-0.1, -0.05) is 11.6 Å². The van der Waals surface area contributed by atoms with Crippen molar-refractivity contribution in [2.45, 2.75) is 45.4 Å².